The topological polar surface area (TPSA) is 89.8 Å². The molecule has 1 amide bonds. The van der Waals surface area contributed by atoms with Gasteiger partial charge in [0.1, 0.15) is 5.82 Å². The molecule has 180 valence electrons. The summed E-state index contributed by atoms with van der Waals surface area (Å²) in [5.41, 5.74) is 3.71. The largest absolute Gasteiger partial charge is 0.493 e. The molecule has 2 heterocycles. The van der Waals surface area contributed by atoms with E-state index in [0.717, 1.165) is 11.3 Å². The number of benzene rings is 3. The molecular formula is C27H22FN5O3. The van der Waals surface area contributed by atoms with Crippen molar-refractivity contribution in [2.45, 2.75) is 0 Å². The highest BCUT2D eigenvalue weighted by Crippen LogP contribution is 2.32. The number of carbonyl (C=O) groups is 1. The average Bonchev–Trinajstić information content (AvgIpc) is 3.39. The van der Waals surface area contributed by atoms with Gasteiger partial charge in [-0.2, -0.15) is 0 Å². The predicted octanol–water partition coefficient (Wildman–Crippen LogP) is 5.55. The second-order valence-corrected chi connectivity index (χ2v) is 7.87. The number of nitrogens with one attached hydrogen (secondary N) is 2. The molecule has 0 aliphatic heterocycles. The first-order valence-electron chi connectivity index (χ1n) is 11.0. The van der Waals surface area contributed by atoms with Crippen molar-refractivity contribution in [3.05, 3.63) is 96.7 Å². The standard InChI is InChI=1S/C27H22FN5O3/c1-35-23-11-10-21(15-24(23)36-2)30-25-26-29-12-13-33(26)16-22(32-25)17-4-3-5-18(14-17)27(34)31-20-8-6-19(28)7-9-20/h3-16H,1-2H3,(H,30,32)(H,31,34). The molecule has 5 rings (SSSR count). The Kier molecular flexibility index (Phi) is 6.19. The summed E-state index contributed by atoms with van der Waals surface area (Å²) in [4.78, 5) is 22.0. The van der Waals surface area contributed by atoms with Crippen LogP contribution >= 0.6 is 0 Å². The van der Waals surface area contributed by atoms with Gasteiger partial charge in [-0.1, -0.05) is 12.1 Å². The fraction of sp³-hybridized carbons (Fsp3) is 0.0741. The summed E-state index contributed by atoms with van der Waals surface area (Å²) < 4.78 is 25.7. The lowest BCUT2D eigenvalue weighted by Gasteiger charge is -2.13. The monoisotopic (exact) mass is 483 g/mol. The van der Waals surface area contributed by atoms with Crippen LogP contribution in [0.5, 0.6) is 11.5 Å². The molecule has 0 spiro atoms. The Morgan fingerprint density at radius 2 is 1.72 bits per heavy atom. The van der Waals surface area contributed by atoms with E-state index in [2.05, 4.69) is 15.6 Å². The number of imidazole rings is 1. The Morgan fingerprint density at radius 1 is 0.944 bits per heavy atom. The number of fused-ring (bicyclic) bond motifs is 1. The van der Waals surface area contributed by atoms with Crippen LogP contribution in [0, 0.1) is 5.82 Å². The molecular weight excluding hydrogens is 461 g/mol. The fourth-order valence-electron chi connectivity index (χ4n) is 3.76. The number of amides is 1. The van der Waals surface area contributed by atoms with Crippen molar-refractivity contribution in [3.63, 3.8) is 0 Å². The van der Waals surface area contributed by atoms with Crippen LogP contribution in [0.25, 0.3) is 16.9 Å². The maximum atomic E-state index is 13.2. The first kappa shape index (κ1) is 22.9. The van der Waals surface area contributed by atoms with Gasteiger partial charge in [-0.3, -0.25) is 4.79 Å². The Morgan fingerprint density at radius 3 is 2.50 bits per heavy atom. The lowest BCUT2D eigenvalue weighted by molar-refractivity contribution is 0.102. The fourth-order valence-corrected chi connectivity index (χ4v) is 3.76. The number of anilines is 3. The van der Waals surface area contributed by atoms with E-state index in [-0.39, 0.29) is 11.7 Å². The molecule has 8 nitrogen and oxygen atoms in total. The van der Waals surface area contributed by atoms with Crippen molar-refractivity contribution in [3.8, 4) is 22.8 Å². The number of hydrogen-bond donors (Lipinski definition) is 2. The van der Waals surface area contributed by atoms with Crippen LogP contribution in [-0.4, -0.2) is 34.5 Å². The van der Waals surface area contributed by atoms with Gasteiger partial charge in [0.15, 0.2) is 23.0 Å². The average molecular weight is 484 g/mol. The summed E-state index contributed by atoms with van der Waals surface area (Å²) in [6.45, 7) is 0. The molecule has 3 aromatic carbocycles. The van der Waals surface area contributed by atoms with Crippen molar-refractivity contribution in [2.24, 2.45) is 0 Å². The van der Waals surface area contributed by atoms with Crippen LogP contribution in [-0.2, 0) is 0 Å². The maximum Gasteiger partial charge on any atom is 0.255 e. The van der Waals surface area contributed by atoms with Gasteiger partial charge in [-0.05, 0) is 48.5 Å². The lowest BCUT2D eigenvalue weighted by atomic mass is 10.1. The number of carbonyl (C=O) groups excluding carboxylic acids is 1. The van der Waals surface area contributed by atoms with Gasteiger partial charge in [-0.15, -0.1) is 0 Å². The maximum absolute atomic E-state index is 13.2. The zero-order valence-corrected chi connectivity index (χ0v) is 19.5. The SMILES string of the molecule is COc1ccc(Nc2nc(-c3cccc(C(=O)Nc4ccc(F)cc4)c3)cn3ccnc23)cc1OC. The van der Waals surface area contributed by atoms with Gasteiger partial charge >= 0.3 is 0 Å². The Balaban J connectivity index is 1.47. The van der Waals surface area contributed by atoms with E-state index in [1.807, 2.05) is 35.0 Å². The normalized spacial score (nSPS) is 10.8. The molecule has 0 atom stereocenters. The van der Waals surface area contributed by atoms with Crippen molar-refractivity contribution in [1.82, 2.24) is 14.4 Å². The van der Waals surface area contributed by atoms with Crippen LogP contribution in [0.4, 0.5) is 21.6 Å². The molecule has 36 heavy (non-hydrogen) atoms. The molecule has 0 saturated heterocycles. The highest BCUT2D eigenvalue weighted by Gasteiger charge is 2.13. The highest BCUT2D eigenvalue weighted by atomic mass is 19.1. The van der Waals surface area contributed by atoms with E-state index in [9.17, 15) is 9.18 Å². The Bertz CT molecular complexity index is 1550. The summed E-state index contributed by atoms with van der Waals surface area (Å²) in [6, 6.07) is 18.2. The molecule has 2 N–H and O–H groups in total. The van der Waals surface area contributed by atoms with Gasteiger partial charge in [0.2, 0.25) is 0 Å². The van der Waals surface area contributed by atoms with Crippen molar-refractivity contribution >= 4 is 28.7 Å². The number of aromatic nitrogens is 3. The van der Waals surface area contributed by atoms with E-state index in [0.29, 0.717) is 39.9 Å². The van der Waals surface area contributed by atoms with Crippen molar-refractivity contribution in [1.29, 1.82) is 0 Å². The van der Waals surface area contributed by atoms with Crippen LogP contribution in [0.1, 0.15) is 10.4 Å². The second-order valence-electron chi connectivity index (χ2n) is 7.87. The van der Waals surface area contributed by atoms with Gasteiger partial charge in [0, 0.05) is 47.2 Å². The second kappa shape index (κ2) is 9.75. The first-order valence-corrected chi connectivity index (χ1v) is 11.0. The van der Waals surface area contributed by atoms with E-state index < -0.39 is 0 Å². The molecule has 9 heteroatoms. The molecule has 0 radical (unpaired) electrons. The molecule has 0 aliphatic rings. The summed E-state index contributed by atoms with van der Waals surface area (Å²) in [6.07, 6.45) is 5.36. The van der Waals surface area contributed by atoms with Crippen molar-refractivity contribution in [2.75, 3.05) is 24.9 Å². The van der Waals surface area contributed by atoms with Crippen LogP contribution < -0.4 is 20.1 Å². The Hall–Kier alpha value is -4.92. The molecule has 0 fully saturated rings. The van der Waals surface area contributed by atoms with Gasteiger partial charge in [-0.25, -0.2) is 14.4 Å². The quantitative estimate of drug-likeness (QED) is 0.316. The number of hydrogen-bond acceptors (Lipinski definition) is 6. The van der Waals surface area contributed by atoms with E-state index in [4.69, 9.17) is 14.5 Å². The number of methoxy groups -OCH3 is 2. The van der Waals surface area contributed by atoms with E-state index in [1.54, 1.807) is 44.7 Å². The predicted molar refractivity (Wildman–Crippen MR) is 136 cm³/mol. The Labute approximate surface area is 206 Å². The highest BCUT2D eigenvalue weighted by molar-refractivity contribution is 6.04. The lowest BCUT2D eigenvalue weighted by Crippen LogP contribution is -2.12. The van der Waals surface area contributed by atoms with E-state index >= 15 is 0 Å². The van der Waals surface area contributed by atoms with Crippen molar-refractivity contribution < 1.29 is 18.7 Å². The molecule has 0 aliphatic carbocycles. The number of rotatable bonds is 7. The summed E-state index contributed by atoms with van der Waals surface area (Å²) in [5, 5.41) is 6.08. The van der Waals surface area contributed by atoms with Crippen LogP contribution in [0.3, 0.4) is 0 Å². The number of ether oxygens (including phenoxy) is 2. The minimum Gasteiger partial charge on any atom is -0.493 e. The van der Waals surface area contributed by atoms with Crippen LogP contribution in [0.2, 0.25) is 0 Å². The molecule has 0 saturated carbocycles. The molecule has 2 aromatic heterocycles. The van der Waals surface area contributed by atoms with Crippen LogP contribution in [0.15, 0.2) is 85.3 Å². The first-order chi connectivity index (χ1) is 17.5. The zero-order chi connectivity index (χ0) is 25.1. The van der Waals surface area contributed by atoms with Gasteiger partial charge < -0.3 is 24.5 Å². The molecule has 0 bridgehead atoms. The number of halogens is 1. The zero-order valence-electron chi connectivity index (χ0n) is 19.5. The van der Waals surface area contributed by atoms with Gasteiger partial charge in [0.25, 0.3) is 5.91 Å². The third kappa shape index (κ3) is 4.67. The summed E-state index contributed by atoms with van der Waals surface area (Å²) in [5.74, 6) is 1.06. The molecule has 0 unspecified atom stereocenters. The minimum absolute atomic E-state index is 0.309. The minimum atomic E-state index is -0.367. The van der Waals surface area contributed by atoms with Gasteiger partial charge in [0.05, 0.1) is 19.9 Å². The number of nitrogens with zero attached hydrogens (tertiary/aromatic N) is 3. The third-order valence-corrected chi connectivity index (χ3v) is 5.54. The smallest absolute Gasteiger partial charge is 0.255 e. The third-order valence-electron chi connectivity index (χ3n) is 5.54. The molecule has 5 aromatic rings. The summed E-state index contributed by atoms with van der Waals surface area (Å²) >= 11 is 0. The summed E-state index contributed by atoms with van der Waals surface area (Å²) in [7, 11) is 3.16. The van der Waals surface area contributed by atoms with E-state index in [1.165, 1.54) is 24.3 Å².